The van der Waals surface area contributed by atoms with Crippen LogP contribution in [0.3, 0.4) is 0 Å². The van der Waals surface area contributed by atoms with Gasteiger partial charge in [0.1, 0.15) is 0 Å². The molecule has 0 radical (unpaired) electrons. The Balaban J connectivity index is 1.98. The van der Waals surface area contributed by atoms with E-state index in [2.05, 4.69) is 4.99 Å². The molecule has 1 aliphatic rings. The third-order valence-corrected chi connectivity index (χ3v) is 5.04. The number of nitro benzene ring substituents is 1. The van der Waals surface area contributed by atoms with Crippen LogP contribution in [-0.2, 0) is 0 Å². The topological polar surface area (TPSA) is 75.8 Å². The van der Waals surface area contributed by atoms with Gasteiger partial charge in [-0.25, -0.2) is 0 Å². The van der Waals surface area contributed by atoms with Crippen LogP contribution >= 0.6 is 23.4 Å². The lowest BCUT2D eigenvalue weighted by Gasteiger charge is -2.22. The Kier molecular flexibility index (Phi) is 5.06. The van der Waals surface area contributed by atoms with E-state index < -0.39 is 4.92 Å². The molecule has 0 saturated carbocycles. The van der Waals surface area contributed by atoms with Crippen molar-refractivity contribution in [2.45, 2.75) is 13.0 Å². The Morgan fingerprint density at radius 3 is 2.40 bits per heavy atom. The number of rotatable bonds is 3. The van der Waals surface area contributed by atoms with Crippen molar-refractivity contribution in [1.29, 1.82) is 0 Å². The van der Waals surface area contributed by atoms with Crippen molar-refractivity contribution >= 4 is 45.8 Å². The minimum atomic E-state index is -0.496. The van der Waals surface area contributed by atoms with Crippen molar-refractivity contribution < 1.29 is 9.72 Å². The lowest BCUT2D eigenvalue weighted by molar-refractivity contribution is -0.384. The maximum atomic E-state index is 13.0. The number of aliphatic imine (C=N–C) groups is 1. The summed E-state index contributed by atoms with van der Waals surface area (Å²) in [6.07, 6.45) is 0. The summed E-state index contributed by atoms with van der Waals surface area (Å²) in [6, 6.07) is 12.6. The molecule has 0 unspecified atom stereocenters. The smallest absolute Gasteiger partial charge is 0.268 e. The number of non-ortho nitro benzene ring substituents is 1. The van der Waals surface area contributed by atoms with E-state index in [1.165, 1.54) is 40.9 Å². The zero-order valence-corrected chi connectivity index (χ0v) is 14.8. The molecule has 0 aromatic heterocycles. The van der Waals surface area contributed by atoms with Crippen molar-refractivity contribution in [2.24, 2.45) is 4.99 Å². The molecule has 0 bridgehead atoms. The Morgan fingerprint density at radius 1 is 1.24 bits per heavy atom. The number of thioether (sulfide) groups is 1. The van der Waals surface area contributed by atoms with Crippen molar-refractivity contribution in [2.75, 3.05) is 10.7 Å². The van der Waals surface area contributed by atoms with Crippen LogP contribution in [0, 0.1) is 10.1 Å². The molecule has 0 N–H and O–H groups in total. The van der Waals surface area contributed by atoms with Gasteiger partial charge in [0, 0.05) is 28.5 Å². The van der Waals surface area contributed by atoms with Crippen LogP contribution in [0.5, 0.6) is 0 Å². The second kappa shape index (κ2) is 7.25. The number of benzene rings is 2. The van der Waals surface area contributed by atoms with E-state index in [4.69, 9.17) is 11.6 Å². The molecule has 128 valence electrons. The van der Waals surface area contributed by atoms with Gasteiger partial charge in [-0.05, 0) is 43.3 Å². The Hall–Kier alpha value is -2.38. The van der Waals surface area contributed by atoms with Gasteiger partial charge in [0.2, 0.25) is 0 Å². The Labute approximate surface area is 153 Å². The first-order chi connectivity index (χ1) is 12.0. The molecule has 25 heavy (non-hydrogen) atoms. The van der Waals surface area contributed by atoms with Crippen LogP contribution in [0.2, 0.25) is 5.02 Å². The standard InChI is InChI=1S/C17H14ClN3O3S/c1-11-10-25-17(19-11)20(14-8-4-13(18)5-9-14)16(22)12-2-6-15(7-3-12)21(23)24/h2-9,11H,10H2,1H3/t11-/m1/s1. The fraction of sp³-hybridized carbons (Fsp3) is 0.176. The Bertz CT molecular complexity index is 837. The number of hydrogen-bond acceptors (Lipinski definition) is 5. The molecule has 2 aromatic rings. The van der Waals surface area contributed by atoms with Crippen LogP contribution in [0.15, 0.2) is 53.5 Å². The molecular formula is C17H14ClN3O3S. The number of anilines is 1. The van der Waals surface area contributed by atoms with E-state index in [-0.39, 0.29) is 17.6 Å². The summed E-state index contributed by atoms with van der Waals surface area (Å²) in [5, 5.41) is 12.0. The number of carbonyl (C=O) groups excluding carboxylic acids is 1. The summed E-state index contributed by atoms with van der Waals surface area (Å²) >= 11 is 7.44. The molecular weight excluding hydrogens is 362 g/mol. The van der Waals surface area contributed by atoms with Crippen LogP contribution in [0.1, 0.15) is 17.3 Å². The van der Waals surface area contributed by atoms with Gasteiger partial charge in [0.15, 0.2) is 5.17 Å². The predicted molar refractivity (Wildman–Crippen MR) is 101 cm³/mol. The summed E-state index contributed by atoms with van der Waals surface area (Å²) in [5.41, 5.74) is 0.937. The molecule has 6 nitrogen and oxygen atoms in total. The summed E-state index contributed by atoms with van der Waals surface area (Å²) in [5.74, 6) is 0.505. The molecule has 0 spiro atoms. The van der Waals surface area contributed by atoms with Crippen molar-refractivity contribution in [3.8, 4) is 0 Å². The van der Waals surface area contributed by atoms with E-state index in [9.17, 15) is 14.9 Å². The summed E-state index contributed by atoms with van der Waals surface area (Å²) < 4.78 is 0. The molecule has 1 aliphatic heterocycles. The van der Waals surface area contributed by atoms with Crippen LogP contribution in [0.25, 0.3) is 0 Å². The predicted octanol–water partition coefficient (Wildman–Crippen LogP) is 4.39. The summed E-state index contributed by atoms with van der Waals surface area (Å²) in [7, 11) is 0. The molecule has 1 atom stereocenters. The highest BCUT2D eigenvalue weighted by atomic mass is 35.5. The van der Waals surface area contributed by atoms with Gasteiger partial charge < -0.3 is 0 Å². The fourth-order valence-electron chi connectivity index (χ4n) is 2.34. The van der Waals surface area contributed by atoms with Gasteiger partial charge in [-0.15, -0.1) is 0 Å². The number of nitro groups is 1. The zero-order valence-electron chi connectivity index (χ0n) is 13.3. The molecule has 0 fully saturated rings. The number of nitrogens with zero attached hydrogens (tertiary/aromatic N) is 3. The maximum Gasteiger partial charge on any atom is 0.269 e. The first-order valence-electron chi connectivity index (χ1n) is 7.51. The van der Waals surface area contributed by atoms with Crippen LogP contribution < -0.4 is 4.90 Å². The number of amidine groups is 1. The zero-order chi connectivity index (χ0) is 18.0. The normalized spacial score (nSPS) is 16.4. The monoisotopic (exact) mass is 375 g/mol. The third-order valence-electron chi connectivity index (χ3n) is 3.59. The quantitative estimate of drug-likeness (QED) is 0.589. The third kappa shape index (κ3) is 3.83. The lowest BCUT2D eigenvalue weighted by atomic mass is 10.1. The summed E-state index contributed by atoms with van der Waals surface area (Å²) in [4.78, 5) is 29.4. The molecule has 3 rings (SSSR count). The van der Waals surface area contributed by atoms with Gasteiger partial charge in [0.05, 0.1) is 16.7 Å². The summed E-state index contributed by atoms with van der Waals surface area (Å²) in [6.45, 7) is 1.98. The largest absolute Gasteiger partial charge is 0.269 e. The minimum absolute atomic E-state index is 0.0594. The lowest BCUT2D eigenvalue weighted by Crippen LogP contribution is -2.34. The highest BCUT2D eigenvalue weighted by Gasteiger charge is 2.27. The highest BCUT2D eigenvalue weighted by molar-refractivity contribution is 8.14. The molecule has 1 amide bonds. The van der Waals surface area contributed by atoms with Crippen molar-refractivity contribution in [3.05, 3.63) is 69.2 Å². The molecule has 8 heteroatoms. The van der Waals surface area contributed by atoms with Gasteiger partial charge in [-0.2, -0.15) is 0 Å². The molecule has 0 saturated heterocycles. The van der Waals surface area contributed by atoms with E-state index in [0.717, 1.165) is 5.75 Å². The van der Waals surface area contributed by atoms with Crippen molar-refractivity contribution in [1.82, 2.24) is 0 Å². The first kappa shape index (κ1) is 17.4. The second-order valence-corrected chi connectivity index (χ2v) is 6.92. The van der Waals surface area contributed by atoms with Crippen LogP contribution in [-0.4, -0.2) is 27.8 Å². The number of hydrogen-bond donors (Lipinski definition) is 0. The Morgan fingerprint density at radius 2 is 1.88 bits per heavy atom. The highest BCUT2D eigenvalue weighted by Crippen LogP contribution is 2.28. The van der Waals surface area contributed by atoms with Gasteiger partial charge in [-0.3, -0.25) is 24.8 Å². The van der Waals surface area contributed by atoms with Crippen molar-refractivity contribution in [3.63, 3.8) is 0 Å². The number of carbonyl (C=O) groups is 1. The van der Waals surface area contributed by atoms with E-state index in [1.807, 2.05) is 6.92 Å². The van der Waals surface area contributed by atoms with E-state index >= 15 is 0 Å². The molecule has 1 heterocycles. The number of halogens is 1. The average Bonchev–Trinajstić information content (AvgIpc) is 3.03. The first-order valence-corrected chi connectivity index (χ1v) is 8.87. The van der Waals surface area contributed by atoms with Gasteiger partial charge in [-0.1, -0.05) is 23.4 Å². The molecule has 0 aliphatic carbocycles. The SMILES string of the molecule is C[C@@H]1CSC(N(C(=O)c2ccc([N+](=O)[O-])cc2)c2ccc(Cl)cc2)=N1. The van der Waals surface area contributed by atoms with Crippen LogP contribution in [0.4, 0.5) is 11.4 Å². The van der Waals surface area contributed by atoms with Gasteiger partial charge in [0.25, 0.3) is 11.6 Å². The molecule has 2 aromatic carbocycles. The van der Waals surface area contributed by atoms with E-state index in [1.54, 1.807) is 24.3 Å². The minimum Gasteiger partial charge on any atom is -0.268 e. The van der Waals surface area contributed by atoms with Gasteiger partial charge >= 0.3 is 0 Å². The maximum absolute atomic E-state index is 13.0. The average molecular weight is 376 g/mol. The second-order valence-electron chi connectivity index (χ2n) is 5.49. The van der Waals surface area contributed by atoms with E-state index in [0.29, 0.717) is 21.4 Å². The number of amides is 1. The fourth-order valence-corrected chi connectivity index (χ4v) is 3.50.